The molecule has 1 heterocycles. The van der Waals surface area contributed by atoms with E-state index >= 15 is 0 Å². The molecule has 0 N–H and O–H groups in total. The lowest BCUT2D eigenvalue weighted by Gasteiger charge is -2.26. The third-order valence-electron chi connectivity index (χ3n) is 11.8. The first-order valence-corrected chi connectivity index (χ1v) is 20.6. The molecule has 10 aromatic carbocycles. The summed E-state index contributed by atoms with van der Waals surface area (Å²) >= 11 is 0. The molecule has 0 bridgehead atoms. The number of anilines is 3. The van der Waals surface area contributed by atoms with Gasteiger partial charge in [-0.25, -0.2) is 0 Å². The Morgan fingerprint density at radius 3 is 1.38 bits per heavy atom. The summed E-state index contributed by atoms with van der Waals surface area (Å²) in [4.78, 5) is 2.37. The minimum Gasteiger partial charge on any atom is -0.311 e. The van der Waals surface area contributed by atoms with Crippen molar-refractivity contribution in [1.82, 2.24) is 4.57 Å². The first-order valence-electron chi connectivity index (χ1n) is 20.6. The van der Waals surface area contributed by atoms with Gasteiger partial charge in [-0.3, -0.25) is 0 Å². The summed E-state index contributed by atoms with van der Waals surface area (Å²) in [5, 5.41) is 6.18. The number of benzene rings is 10. The van der Waals surface area contributed by atoms with Gasteiger partial charge in [0.05, 0.1) is 11.2 Å². The second-order valence-electron chi connectivity index (χ2n) is 15.3. The van der Waals surface area contributed by atoms with Gasteiger partial charge in [0.2, 0.25) is 0 Å². The van der Waals surface area contributed by atoms with Crippen molar-refractivity contribution in [2.45, 2.75) is 0 Å². The van der Waals surface area contributed by atoms with Crippen LogP contribution >= 0.6 is 0 Å². The number of aromatic nitrogens is 1. The second-order valence-corrected chi connectivity index (χ2v) is 15.3. The maximum absolute atomic E-state index is 2.47. The molecule has 2 nitrogen and oxygen atoms in total. The van der Waals surface area contributed by atoms with Crippen molar-refractivity contribution in [3.8, 4) is 50.3 Å². The number of nitrogens with zero attached hydrogens (tertiary/aromatic N) is 2. The normalized spacial score (nSPS) is 11.3. The van der Waals surface area contributed by atoms with E-state index in [1.165, 1.54) is 77.1 Å². The Hall–Kier alpha value is -7.94. The van der Waals surface area contributed by atoms with Gasteiger partial charge < -0.3 is 9.47 Å². The van der Waals surface area contributed by atoms with Crippen LogP contribution in [0.3, 0.4) is 0 Å². The van der Waals surface area contributed by atoms with E-state index in [1.54, 1.807) is 0 Å². The van der Waals surface area contributed by atoms with Crippen molar-refractivity contribution in [3.05, 3.63) is 243 Å². The van der Waals surface area contributed by atoms with Crippen LogP contribution in [0, 0.1) is 0 Å². The first kappa shape index (κ1) is 35.2. The van der Waals surface area contributed by atoms with E-state index in [0.29, 0.717) is 0 Å². The van der Waals surface area contributed by atoms with Gasteiger partial charge in [0, 0.05) is 39.1 Å². The molecule has 0 unspecified atom stereocenters. The van der Waals surface area contributed by atoms with Crippen LogP contribution in [0.5, 0.6) is 0 Å². The van der Waals surface area contributed by atoms with Gasteiger partial charge in [0.25, 0.3) is 0 Å². The molecule has 0 spiro atoms. The lowest BCUT2D eigenvalue weighted by Crippen LogP contribution is -2.09. The number of hydrogen-bond donors (Lipinski definition) is 0. The van der Waals surface area contributed by atoms with Crippen LogP contribution in [0.2, 0.25) is 0 Å². The van der Waals surface area contributed by atoms with Crippen molar-refractivity contribution in [2.24, 2.45) is 0 Å². The molecule has 0 aliphatic carbocycles. The summed E-state index contributed by atoms with van der Waals surface area (Å²) in [7, 11) is 0. The molecule has 0 saturated heterocycles. The average molecular weight is 765 g/mol. The SMILES string of the molecule is c1ccc(-c2ccc(N(c3ccc(-c4cccc5ccccc45)cc3)c3ccc(-c4c(-c5ccccc5)n(-c5ccccc5)c5c4ccc4ccccc45)cc3)cc2)cc1. The van der Waals surface area contributed by atoms with Crippen LogP contribution in [0.25, 0.3) is 82.8 Å². The van der Waals surface area contributed by atoms with Crippen molar-refractivity contribution in [3.63, 3.8) is 0 Å². The van der Waals surface area contributed by atoms with E-state index in [0.717, 1.165) is 22.7 Å². The van der Waals surface area contributed by atoms with Gasteiger partial charge in [0.15, 0.2) is 0 Å². The fourth-order valence-corrected chi connectivity index (χ4v) is 8.97. The van der Waals surface area contributed by atoms with Gasteiger partial charge in [-0.15, -0.1) is 0 Å². The van der Waals surface area contributed by atoms with Crippen LogP contribution in [0.15, 0.2) is 243 Å². The van der Waals surface area contributed by atoms with Gasteiger partial charge in [-0.2, -0.15) is 0 Å². The standard InChI is InChI=1S/C58H40N2/c1-4-15-41(16-5-1)42-27-34-49(35-28-42)59(50-36-29-45(30-37-50)53-26-14-21-43-17-10-12-24-52(43)53)51-38-31-46(32-39-51)56-55-40-33-44-18-11-13-25-54(44)58(55)60(48-22-8-3-9-23-48)57(56)47-19-6-2-7-20-47/h1-40H. The summed E-state index contributed by atoms with van der Waals surface area (Å²) in [6.45, 7) is 0. The molecule has 282 valence electrons. The topological polar surface area (TPSA) is 8.17 Å². The van der Waals surface area contributed by atoms with Crippen molar-refractivity contribution in [2.75, 3.05) is 4.90 Å². The van der Waals surface area contributed by atoms with Crippen LogP contribution in [-0.2, 0) is 0 Å². The molecule has 60 heavy (non-hydrogen) atoms. The summed E-state index contributed by atoms with van der Waals surface area (Å²) in [5.41, 5.74) is 15.2. The predicted molar refractivity (Wildman–Crippen MR) is 255 cm³/mol. The fourth-order valence-electron chi connectivity index (χ4n) is 8.97. The smallest absolute Gasteiger partial charge is 0.0619 e. The molecule has 0 aliphatic rings. The van der Waals surface area contributed by atoms with E-state index in [1.807, 2.05) is 0 Å². The maximum Gasteiger partial charge on any atom is 0.0619 e. The Kier molecular flexibility index (Phi) is 8.87. The number of rotatable bonds is 8. The maximum atomic E-state index is 2.47. The predicted octanol–water partition coefficient (Wildman–Crippen LogP) is 16.1. The summed E-state index contributed by atoms with van der Waals surface area (Å²) < 4.78 is 2.47. The van der Waals surface area contributed by atoms with Gasteiger partial charge in [0.1, 0.15) is 0 Å². The molecule has 2 heteroatoms. The second kappa shape index (κ2) is 15.1. The Balaban J connectivity index is 1.07. The number of hydrogen-bond acceptors (Lipinski definition) is 1. The van der Waals surface area contributed by atoms with Crippen LogP contribution < -0.4 is 4.90 Å². The highest BCUT2D eigenvalue weighted by atomic mass is 15.1. The zero-order valence-electron chi connectivity index (χ0n) is 33.0. The Labute approximate surface area is 350 Å². The summed E-state index contributed by atoms with van der Waals surface area (Å²) in [5.74, 6) is 0. The third kappa shape index (κ3) is 6.23. The summed E-state index contributed by atoms with van der Waals surface area (Å²) in [6.07, 6.45) is 0. The Morgan fingerprint density at radius 1 is 0.283 bits per heavy atom. The zero-order valence-corrected chi connectivity index (χ0v) is 33.0. The van der Waals surface area contributed by atoms with Crippen molar-refractivity contribution >= 4 is 49.5 Å². The molecule has 0 amide bonds. The Morgan fingerprint density at radius 2 is 0.750 bits per heavy atom. The highest BCUT2D eigenvalue weighted by Gasteiger charge is 2.23. The van der Waals surface area contributed by atoms with Gasteiger partial charge in [-0.1, -0.05) is 194 Å². The number of fused-ring (bicyclic) bond motifs is 4. The highest BCUT2D eigenvalue weighted by Crippen LogP contribution is 2.46. The first-order chi connectivity index (χ1) is 29.8. The van der Waals surface area contributed by atoms with E-state index < -0.39 is 0 Å². The molecule has 1 aromatic heterocycles. The molecule has 0 radical (unpaired) electrons. The highest BCUT2D eigenvalue weighted by molar-refractivity contribution is 6.16. The molecule has 11 aromatic rings. The van der Waals surface area contributed by atoms with E-state index in [2.05, 4.69) is 252 Å². The largest absolute Gasteiger partial charge is 0.311 e. The molecular formula is C58H40N2. The molecule has 0 atom stereocenters. The quantitative estimate of drug-likeness (QED) is 0.150. The van der Waals surface area contributed by atoms with Crippen LogP contribution in [-0.4, -0.2) is 4.57 Å². The minimum absolute atomic E-state index is 1.09. The minimum atomic E-state index is 1.09. The lowest BCUT2D eigenvalue weighted by molar-refractivity contribution is 1.14. The lowest BCUT2D eigenvalue weighted by atomic mass is 9.96. The van der Waals surface area contributed by atoms with E-state index in [4.69, 9.17) is 0 Å². The number of para-hydroxylation sites is 1. The average Bonchev–Trinajstić information content (AvgIpc) is 3.69. The summed E-state index contributed by atoms with van der Waals surface area (Å²) in [6, 6.07) is 87.8. The van der Waals surface area contributed by atoms with Gasteiger partial charge >= 0.3 is 0 Å². The van der Waals surface area contributed by atoms with Crippen LogP contribution in [0.4, 0.5) is 17.1 Å². The van der Waals surface area contributed by atoms with Crippen molar-refractivity contribution in [1.29, 1.82) is 0 Å². The third-order valence-corrected chi connectivity index (χ3v) is 11.8. The van der Waals surface area contributed by atoms with Crippen LogP contribution in [0.1, 0.15) is 0 Å². The van der Waals surface area contributed by atoms with Gasteiger partial charge in [-0.05, 0) is 98.1 Å². The molecule has 0 saturated carbocycles. The monoisotopic (exact) mass is 764 g/mol. The zero-order chi connectivity index (χ0) is 39.8. The molecule has 0 aliphatic heterocycles. The molecule has 11 rings (SSSR count). The van der Waals surface area contributed by atoms with Crippen molar-refractivity contribution < 1.29 is 0 Å². The Bertz CT molecular complexity index is 3250. The fraction of sp³-hybridized carbons (Fsp3) is 0. The van der Waals surface area contributed by atoms with E-state index in [-0.39, 0.29) is 0 Å². The molecular weight excluding hydrogens is 725 g/mol. The molecule has 0 fully saturated rings. The van der Waals surface area contributed by atoms with E-state index in [9.17, 15) is 0 Å².